The number of amides is 1. The third-order valence-electron chi connectivity index (χ3n) is 3.59. The number of benzene rings is 2. The van der Waals surface area contributed by atoms with Crippen molar-refractivity contribution in [3.05, 3.63) is 83.7 Å². The first-order valence-corrected chi connectivity index (χ1v) is 7.70. The lowest BCUT2D eigenvalue weighted by atomic mass is 10.1. The van der Waals surface area contributed by atoms with Crippen LogP contribution in [0.5, 0.6) is 0 Å². The number of hydrogen-bond donors (Lipinski definition) is 1. The molecule has 0 spiro atoms. The van der Waals surface area contributed by atoms with Gasteiger partial charge in [0, 0.05) is 30.8 Å². The van der Waals surface area contributed by atoms with Crippen LogP contribution < -0.4 is 5.32 Å². The summed E-state index contributed by atoms with van der Waals surface area (Å²) in [4.78, 5) is 12.4. The lowest BCUT2D eigenvalue weighted by Gasteiger charge is -2.09. The van der Waals surface area contributed by atoms with Gasteiger partial charge in [-0.1, -0.05) is 24.3 Å². The van der Waals surface area contributed by atoms with E-state index in [-0.39, 0.29) is 5.91 Å². The molecule has 1 amide bonds. The molecule has 0 atom stereocenters. The first-order valence-electron chi connectivity index (χ1n) is 7.70. The number of carbonyl (C=O) groups is 1. The molecule has 0 aliphatic rings. The van der Waals surface area contributed by atoms with E-state index < -0.39 is 0 Å². The molecule has 1 N–H and O–H groups in total. The highest BCUT2D eigenvalue weighted by Gasteiger charge is 2.07. The van der Waals surface area contributed by atoms with Crippen molar-refractivity contribution < 1.29 is 9.53 Å². The van der Waals surface area contributed by atoms with Crippen LogP contribution in [-0.4, -0.2) is 22.8 Å². The molecule has 2 aromatic carbocycles. The quantitative estimate of drug-likeness (QED) is 0.757. The molecule has 1 heterocycles. The maximum absolute atomic E-state index is 12.4. The summed E-state index contributed by atoms with van der Waals surface area (Å²) in [6.45, 7) is 1.15. The summed E-state index contributed by atoms with van der Waals surface area (Å²) in [6.07, 6.45) is 3.66. The number of nitrogens with one attached hydrogen (secondary N) is 1. The Hall–Kier alpha value is -2.92. The maximum Gasteiger partial charge on any atom is 0.255 e. The van der Waals surface area contributed by atoms with E-state index in [0.717, 1.165) is 16.8 Å². The van der Waals surface area contributed by atoms with Gasteiger partial charge in [-0.2, -0.15) is 5.10 Å². The van der Waals surface area contributed by atoms with Crippen LogP contribution in [0.1, 0.15) is 21.5 Å². The van der Waals surface area contributed by atoms with Crippen molar-refractivity contribution in [2.24, 2.45) is 0 Å². The van der Waals surface area contributed by atoms with Gasteiger partial charge in [0.1, 0.15) is 0 Å². The molecule has 0 bridgehead atoms. The minimum Gasteiger partial charge on any atom is -0.380 e. The van der Waals surface area contributed by atoms with Crippen LogP contribution in [0.25, 0.3) is 0 Å². The van der Waals surface area contributed by atoms with Crippen molar-refractivity contribution >= 4 is 11.6 Å². The fraction of sp³-hybridized carbons (Fsp3) is 0.158. The number of aromatic nitrogens is 2. The van der Waals surface area contributed by atoms with Crippen LogP contribution in [0, 0.1) is 0 Å². The minimum absolute atomic E-state index is 0.135. The molecule has 3 aromatic rings. The lowest BCUT2D eigenvalue weighted by Crippen LogP contribution is -2.12. The number of ether oxygens (including phenoxy) is 1. The largest absolute Gasteiger partial charge is 0.380 e. The van der Waals surface area contributed by atoms with Gasteiger partial charge in [0.25, 0.3) is 5.91 Å². The van der Waals surface area contributed by atoms with E-state index in [2.05, 4.69) is 10.4 Å². The second kappa shape index (κ2) is 7.57. The van der Waals surface area contributed by atoms with Crippen LogP contribution in [0.2, 0.25) is 0 Å². The van der Waals surface area contributed by atoms with Crippen LogP contribution >= 0.6 is 0 Å². The Bertz CT molecular complexity index is 813. The highest BCUT2D eigenvalue weighted by atomic mass is 16.5. The van der Waals surface area contributed by atoms with Crippen molar-refractivity contribution in [2.75, 3.05) is 12.4 Å². The monoisotopic (exact) mass is 321 g/mol. The van der Waals surface area contributed by atoms with E-state index >= 15 is 0 Å². The predicted molar refractivity (Wildman–Crippen MR) is 92.9 cm³/mol. The molecule has 0 radical (unpaired) electrons. The average Bonchev–Trinajstić information content (AvgIpc) is 3.09. The fourth-order valence-electron chi connectivity index (χ4n) is 2.50. The third kappa shape index (κ3) is 4.08. The van der Waals surface area contributed by atoms with E-state index in [1.807, 2.05) is 59.4 Å². The molecule has 3 rings (SSSR count). The third-order valence-corrected chi connectivity index (χ3v) is 3.59. The van der Waals surface area contributed by atoms with Gasteiger partial charge in [-0.15, -0.1) is 0 Å². The van der Waals surface area contributed by atoms with Gasteiger partial charge in [0.15, 0.2) is 0 Å². The van der Waals surface area contributed by atoms with Gasteiger partial charge in [-0.05, 0) is 41.5 Å². The molecular formula is C19H19N3O2. The van der Waals surface area contributed by atoms with Gasteiger partial charge in [0.05, 0.1) is 13.2 Å². The highest BCUT2D eigenvalue weighted by Crippen LogP contribution is 2.14. The Morgan fingerprint density at radius 2 is 1.96 bits per heavy atom. The van der Waals surface area contributed by atoms with Crippen LogP contribution in [0.4, 0.5) is 5.69 Å². The van der Waals surface area contributed by atoms with Crippen molar-refractivity contribution in [2.45, 2.75) is 13.2 Å². The highest BCUT2D eigenvalue weighted by molar-refractivity contribution is 6.04. The van der Waals surface area contributed by atoms with E-state index in [1.54, 1.807) is 19.4 Å². The normalized spacial score (nSPS) is 10.5. The Kier molecular flexibility index (Phi) is 5.03. The predicted octanol–water partition coefficient (Wildman–Crippen LogP) is 3.33. The van der Waals surface area contributed by atoms with E-state index in [1.165, 1.54) is 0 Å². The molecule has 5 heteroatoms. The average molecular weight is 321 g/mol. The summed E-state index contributed by atoms with van der Waals surface area (Å²) < 4.78 is 6.95. The number of methoxy groups -OCH3 is 1. The van der Waals surface area contributed by atoms with Crippen molar-refractivity contribution in [1.29, 1.82) is 0 Å². The fourth-order valence-corrected chi connectivity index (χ4v) is 2.50. The first kappa shape index (κ1) is 16.0. The van der Waals surface area contributed by atoms with E-state index in [9.17, 15) is 4.79 Å². The van der Waals surface area contributed by atoms with Gasteiger partial charge in [-0.25, -0.2) is 0 Å². The lowest BCUT2D eigenvalue weighted by molar-refractivity contribution is 0.102. The molecule has 0 saturated carbocycles. The molecule has 0 aliphatic carbocycles. The molecular weight excluding hydrogens is 302 g/mol. The summed E-state index contributed by atoms with van der Waals surface area (Å²) in [6, 6.07) is 17.1. The summed E-state index contributed by atoms with van der Waals surface area (Å²) >= 11 is 0. The topological polar surface area (TPSA) is 56.1 Å². The molecule has 5 nitrogen and oxygen atoms in total. The SMILES string of the molecule is COCc1cccc(C(=O)Nc2cccc(Cn3cccn3)c2)c1. The molecule has 122 valence electrons. The zero-order chi connectivity index (χ0) is 16.8. The Morgan fingerprint density at radius 1 is 1.12 bits per heavy atom. The summed E-state index contributed by atoms with van der Waals surface area (Å²) in [5.41, 5.74) is 3.42. The molecule has 1 aromatic heterocycles. The molecule has 0 aliphatic heterocycles. The zero-order valence-electron chi connectivity index (χ0n) is 13.5. The van der Waals surface area contributed by atoms with Gasteiger partial charge in [0.2, 0.25) is 0 Å². The van der Waals surface area contributed by atoms with E-state index in [0.29, 0.717) is 18.7 Å². The van der Waals surface area contributed by atoms with Crippen molar-refractivity contribution in [3.8, 4) is 0 Å². The summed E-state index contributed by atoms with van der Waals surface area (Å²) in [7, 11) is 1.64. The Labute approximate surface area is 140 Å². The summed E-state index contributed by atoms with van der Waals surface area (Å²) in [5.74, 6) is -0.135. The van der Waals surface area contributed by atoms with Gasteiger partial charge >= 0.3 is 0 Å². The van der Waals surface area contributed by atoms with Crippen LogP contribution in [0.15, 0.2) is 67.0 Å². The van der Waals surface area contributed by atoms with Crippen molar-refractivity contribution in [1.82, 2.24) is 9.78 Å². The van der Waals surface area contributed by atoms with Crippen molar-refractivity contribution in [3.63, 3.8) is 0 Å². The molecule has 0 fully saturated rings. The van der Waals surface area contributed by atoms with Gasteiger partial charge < -0.3 is 10.1 Å². The smallest absolute Gasteiger partial charge is 0.255 e. The number of hydrogen-bond acceptors (Lipinski definition) is 3. The molecule has 0 unspecified atom stereocenters. The molecule has 0 saturated heterocycles. The minimum atomic E-state index is -0.135. The van der Waals surface area contributed by atoms with Gasteiger partial charge in [-0.3, -0.25) is 9.48 Å². The second-order valence-electron chi connectivity index (χ2n) is 5.49. The standard InChI is InChI=1S/C19H19N3O2/c1-24-14-16-6-2-7-17(11-16)19(23)21-18-8-3-5-15(12-18)13-22-10-4-9-20-22/h2-12H,13-14H2,1H3,(H,21,23). The Morgan fingerprint density at radius 3 is 2.75 bits per heavy atom. The zero-order valence-corrected chi connectivity index (χ0v) is 13.5. The Balaban J connectivity index is 1.71. The number of rotatable bonds is 6. The first-order chi connectivity index (χ1) is 11.7. The van der Waals surface area contributed by atoms with Crippen LogP contribution in [-0.2, 0) is 17.9 Å². The number of carbonyl (C=O) groups excluding carboxylic acids is 1. The maximum atomic E-state index is 12.4. The second-order valence-corrected chi connectivity index (χ2v) is 5.49. The number of nitrogens with zero attached hydrogens (tertiary/aromatic N) is 2. The van der Waals surface area contributed by atoms with E-state index in [4.69, 9.17) is 4.74 Å². The summed E-state index contributed by atoms with van der Waals surface area (Å²) in [5, 5.41) is 7.13. The number of anilines is 1. The van der Waals surface area contributed by atoms with Crippen LogP contribution in [0.3, 0.4) is 0 Å². The molecule has 24 heavy (non-hydrogen) atoms.